The van der Waals surface area contributed by atoms with Crippen LogP contribution in [0.2, 0.25) is 0 Å². The lowest BCUT2D eigenvalue weighted by atomic mass is 10.0. The summed E-state index contributed by atoms with van der Waals surface area (Å²) in [5.74, 6) is -0.380. The average Bonchev–Trinajstić information content (AvgIpc) is 3.01. The summed E-state index contributed by atoms with van der Waals surface area (Å²) in [5.41, 5.74) is 12.1. The first kappa shape index (κ1) is 30.4. The predicted octanol–water partition coefficient (Wildman–Crippen LogP) is 4.37. The van der Waals surface area contributed by atoms with Gasteiger partial charge >= 0.3 is 0 Å². The lowest BCUT2D eigenvalue weighted by Crippen LogP contribution is -2.52. The van der Waals surface area contributed by atoms with Gasteiger partial charge < -0.3 is 20.9 Å². The molecule has 1 aromatic heterocycles. The summed E-state index contributed by atoms with van der Waals surface area (Å²) in [7, 11) is 2.20. The van der Waals surface area contributed by atoms with Crippen LogP contribution in [0.1, 0.15) is 47.1 Å². The van der Waals surface area contributed by atoms with E-state index >= 15 is 0 Å². The number of nitrogens with zero attached hydrogens (tertiary/aromatic N) is 5. The zero-order valence-corrected chi connectivity index (χ0v) is 25.6. The number of allylic oxidation sites excluding steroid dienone is 1. The molecule has 0 aliphatic carbocycles. The van der Waals surface area contributed by atoms with E-state index in [0.29, 0.717) is 29.7 Å². The molecular weight excluding hydrogens is 538 g/mol. The minimum absolute atomic E-state index is 0.0522. The first-order valence-electron chi connectivity index (χ1n) is 15.3. The van der Waals surface area contributed by atoms with Gasteiger partial charge in [-0.1, -0.05) is 31.7 Å². The number of hydrogen-bond acceptors (Lipinski definition) is 8. The number of benzene rings is 2. The Morgan fingerprint density at radius 3 is 2.44 bits per heavy atom. The second kappa shape index (κ2) is 13.5. The molecule has 226 valence electrons. The van der Waals surface area contributed by atoms with E-state index < -0.39 is 5.91 Å². The first-order chi connectivity index (χ1) is 20.7. The minimum Gasteiger partial charge on any atom is -0.371 e. The SMILES string of the molecule is C=CC(=O)Cc1cccc(-c2nc(Nc3ccc(N4CCC(N5CCN(C)CC5)CC4)c(C)c3)c(C(N)=O)nc2CC)c1. The number of carbonyl (C=O) groups excluding carboxylic acids is 2. The number of aromatic nitrogens is 2. The molecule has 0 spiro atoms. The first-order valence-corrected chi connectivity index (χ1v) is 15.3. The van der Waals surface area contributed by atoms with E-state index in [2.05, 4.69) is 57.7 Å². The Kier molecular flexibility index (Phi) is 9.52. The number of aryl methyl sites for hydroxylation is 2. The van der Waals surface area contributed by atoms with Crippen molar-refractivity contribution in [1.29, 1.82) is 0 Å². The molecular formula is C34H43N7O2. The second-order valence-electron chi connectivity index (χ2n) is 11.7. The van der Waals surface area contributed by atoms with Crippen molar-refractivity contribution in [3.63, 3.8) is 0 Å². The number of primary amides is 1. The van der Waals surface area contributed by atoms with Gasteiger partial charge in [0.05, 0.1) is 11.4 Å². The van der Waals surface area contributed by atoms with Crippen molar-refractivity contribution in [3.05, 3.63) is 77.6 Å². The van der Waals surface area contributed by atoms with E-state index in [4.69, 9.17) is 10.7 Å². The van der Waals surface area contributed by atoms with Gasteiger partial charge in [-0.3, -0.25) is 14.5 Å². The number of amides is 1. The van der Waals surface area contributed by atoms with Gasteiger partial charge in [0, 0.05) is 68.7 Å². The van der Waals surface area contributed by atoms with Crippen LogP contribution < -0.4 is 16.0 Å². The molecule has 3 N–H and O–H groups in total. The fourth-order valence-corrected chi connectivity index (χ4v) is 6.19. The maximum absolute atomic E-state index is 12.4. The molecule has 3 aromatic rings. The third-order valence-corrected chi connectivity index (χ3v) is 8.66. The van der Waals surface area contributed by atoms with Gasteiger partial charge in [0.25, 0.3) is 5.91 Å². The molecule has 0 unspecified atom stereocenters. The topological polar surface area (TPSA) is 108 Å². The van der Waals surface area contributed by atoms with Crippen LogP contribution in [0.5, 0.6) is 0 Å². The molecule has 43 heavy (non-hydrogen) atoms. The molecule has 2 saturated heterocycles. The van der Waals surface area contributed by atoms with Crippen LogP contribution in [0.3, 0.4) is 0 Å². The van der Waals surface area contributed by atoms with Crippen molar-refractivity contribution in [2.24, 2.45) is 5.73 Å². The number of hydrogen-bond donors (Lipinski definition) is 2. The molecule has 0 bridgehead atoms. The summed E-state index contributed by atoms with van der Waals surface area (Å²) in [6.45, 7) is 14.4. The third-order valence-electron chi connectivity index (χ3n) is 8.66. The molecule has 0 atom stereocenters. The van der Waals surface area contributed by atoms with Gasteiger partial charge in [-0.15, -0.1) is 0 Å². The van der Waals surface area contributed by atoms with E-state index in [9.17, 15) is 9.59 Å². The van der Waals surface area contributed by atoms with Crippen LogP contribution in [0.25, 0.3) is 11.3 Å². The molecule has 2 fully saturated rings. The summed E-state index contributed by atoms with van der Waals surface area (Å²) < 4.78 is 0. The van der Waals surface area contributed by atoms with Crippen molar-refractivity contribution >= 4 is 28.9 Å². The van der Waals surface area contributed by atoms with Crippen molar-refractivity contribution in [1.82, 2.24) is 19.8 Å². The number of nitrogens with one attached hydrogen (secondary N) is 1. The summed E-state index contributed by atoms with van der Waals surface area (Å²) in [6.07, 6.45) is 4.51. The van der Waals surface area contributed by atoms with E-state index in [-0.39, 0.29) is 17.9 Å². The highest BCUT2D eigenvalue weighted by Crippen LogP contribution is 2.31. The molecule has 5 rings (SSSR count). The van der Waals surface area contributed by atoms with E-state index in [1.165, 1.54) is 24.6 Å². The monoisotopic (exact) mass is 581 g/mol. The highest BCUT2D eigenvalue weighted by molar-refractivity contribution is 5.97. The average molecular weight is 582 g/mol. The maximum atomic E-state index is 12.4. The second-order valence-corrected chi connectivity index (χ2v) is 11.7. The quantitative estimate of drug-likeness (QED) is 0.340. The van der Waals surface area contributed by atoms with E-state index in [1.54, 1.807) is 0 Å². The number of piperidine rings is 1. The molecule has 1 amide bonds. The number of anilines is 3. The lowest BCUT2D eigenvalue weighted by Gasteiger charge is -2.43. The summed E-state index contributed by atoms with van der Waals surface area (Å²) in [6, 6.07) is 14.6. The summed E-state index contributed by atoms with van der Waals surface area (Å²) in [4.78, 5) is 41.5. The number of ketones is 1. The highest BCUT2D eigenvalue weighted by atomic mass is 16.1. The van der Waals surface area contributed by atoms with Crippen molar-refractivity contribution in [3.8, 4) is 11.3 Å². The smallest absolute Gasteiger partial charge is 0.271 e. The van der Waals surface area contributed by atoms with Gasteiger partial charge in [0.15, 0.2) is 17.3 Å². The number of carbonyl (C=O) groups is 2. The molecule has 0 radical (unpaired) electrons. The number of nitrogens with two attached hydrogens (primary N) is 1. The molecule has 3 heterocycles. The van der Waals surface area contributed by atoms with Crippen molar-refractivity contribution in [2.45, 2.75) is 45.6 Å². The van der Waals surface area contributed by atoms with Crippen molar-refractivity contribution in [2.75, 3.05) is 56.5 Å². The standard InChI is InChI=1S/C34H43N7O2/c1-5-28(42)22-24-8-7-9-25(21-24)31-29(6-2)37-32(33(35)43)34(38-31)36-26-10-11-30(23(3)20-26)41-14-12-27(13-15-41)40-18-16-39(4)17-19-40/h5,7-11,20-21,27H,1,6,12-19,22H2,2-4H3,(H2,35,43)(H,36,38). The van der Waals surface area contributed by atoms with Crippen LogP contribution in [0, 0.1) is 6.92 Å². The minimum atomic E-state index is -0.641. The highest BCUT2D eigenvalue weighted by Gasteiger charge is 2.27. The Morgan fingerprint density at radius 1 is 1.05 bits per heavy atom. The summed E-state index contributed by atoms with van der Waals surface area (Å²) in [5, 5.41) is 3.32. The third kappa shape index (κ3) is 7.12. The van der Waals surface area contributed by atoms with Crippen LogP contribution in [-0.4, -0.2) is 83.8 Å². The Balaban J connectivity index is 1.35. The summed E-state index contributed by atoms with van der Waals surface area (Å²) >= 11 is 0. The van der Waals surface area contributed by atoms with Crippen LogP contribution >= 0.6 is 0 Å². The Labute approximate surface area is 254 Å². The zero-order valence-electron chi connectivity index (χ0n) is 25.6. The molecule has 0 saturated carbocycles. The van der Waals surface area contributed by atoms with Crippen LogP contribution in [-0.2, 0) is 17.6 Å². The Bertz CT molecular complexity index is 1490. The van der Waals surface area contributed by atoms with Gasteiger partial charge in [-0.05, 0) is 74.7 Å². The Hall–Kier alpha value is -4.08. The van der Waals surface area contributed by atoms with E-state index in [0.717, 1.165) is 61.6 Å². The fourth-order valence-electron chi connectivity index (χ4n) is 6.19. The number of likely N-dealkylation sites (N-methyl/N-ethyl adjacent to an activating group) is 1. The van der Waals surface area contributed by atoms with Gasteiger partial charge in [0.2, 0.25) is 0 Å². The maximum Gasteiger partial charge on any atom is 0.271 e. The van der Waals surface area contributed by atoms with E-state index in [1.807, 2.05) is 37.3 Å². The molecule has 2 aromatic carbocycles. The number of piperazine rings is 1. The normalized spacial score (nSPS) is 16.7. The zero-order chi connectivity index (χ0) is 30.5. The predicted molar refractivity (Wildman–Crippen MR) is 173 cm³/mol. The largest absolute Gasteiger partial charge is 0.371 e. The molecule has 2 aliphatic heterocycles. The van der Waals surface area contributed by atoms with Crippen LogP contribution in [0.4, 0.5) is 17.2 Å². The van der Waals surface area contributed by atoms with Gasteiger partial charge in [-0.2, -0.15) is 0 Å². The molecule has 9 nitrogen and oxygen atoms in total. The fraction of sp³-hybridized carbons (Fsp3) is 0.412. The van der Waals surface area contributed by atoms with Crippen molar-refractivity contribution < 1.29 is 9.59 Å². The van der Waals surface area contributed by atoms with Gasteiger partial charge in [0.1, 0.15) is 0 Å². The van der Waals surface area contributed by atoms with Crippen LogP contribution in [0.15, 0.2) is 55.1 Å². The van der Waals surface area contributed by atoms with Gasteiger partial charge in [-0.25, -0.2) is 9.97 Å². The molecule has 9 heteroatoms. The number of rotatable bonds is 10. The molecule has 2 aliphatic rings. The lowest BCUT2D eigenvalue weighted by molar-refractivity contribution is -0.114. The Morgan fingerprint density at radius 2 is 1.79 bits per heavy atom.